The molecule has 4 fully saturated rings. The Morgan fingerprint density at radius 1 is 1.00 bits per heavy atom. The molecule has 4 aliphatic carbocycles. The molecule has 4 rings (SSSR count). The van der Waals surface area contributed by atoms with Crippen LogP contribution >= 0.6 is 0 Å². The molecule has 0 radical (unpaired) electrons. The van der Waals surface area contributed by atoms with Gasteiger partial charge in [-0.25, -0.2) is 0 Å². The Kier molecular flexibility index (Phi) is 4.55. The molecule has 5 nitrogen and oxygen atoms in total. The summed E-state index contributed by atoms with van der Waals surface area (Å²) >= 11 is 0. The lowest BCUT2D eigenvalue weighted by Gasteiger charge is -2.40. The van der Waals surface area contributed by atoms with Gasteiger partial charge < -0.3 is 14.2 Å². The van der Waals surface area contributed by atoms with Gasteiger partial charge in [0, 0.05) is 6.61 Å². The Morgan fingerprint density at radius 3 is 2.44 bits per heavy atom. The molecule has 8 atom stereocenters. The third kappa shape index (κ3) is 2.79. The molecular weight excluding hydrogens is 320 g/mol. The molecule has 4 saturated carbocycles. The molecule has 0 heterocycles. The van der Waals surface area contributed by atoms with Crippen LogP contribution in [0.3, 0.4) is 0 Å². The van der Waals surface area contributed by atoms with Crippen molar-refractivity contribution in [3.63, 3.8) is 0 Å². The molecule has 4 aliphatic rings. The van der Waals surface area contributed by atoms with Gasteiger partial charge >= 0.3 is 11.9 Å². The predicted molar refractivity (Wildman–Crippen MR) is 90.2 cm³/mol. The highest BCUT2D eigenvalue weighted by Crippen LogP contribution is 2.69. The van der Waals surface area contributed by atoms with E-state index in [-0.39, 0.29) is 36.7 Å². The summed E-state index contributed by atoms with van der Waals surface area (Å²) in [6, 6.07) is 0. The molecule has 25 heavy (non-hydrogen) atoms. The highest BCUT2D eigenvalue weighted by molar-refractivity contribution is 5.73. The molecule has 8 unspecified atom stereocenters. The summed E-state index contributed by atoms with van der Waals surface area (Å²) in [6.45, 7) is 6.30. The quantitative estimate of drug-likeness (QED) is 0.319. The number of hydrogen-bond acceptors (Lipinski definition) is 5. The highest BCUT2D eigenvalue weighted by Gasteiger charge is 2.66. The number of carbonyl (C=O) groups is 2. The molecule has 0 spiro atoms. The molecule has 0 aromatic heterocycles. The molecule has 140 valence electrons. The zero-order chi connectivity index (χ0) is 17.7. The summed E-state index contributed by atoms with van der Waals surface area (Å²) in [5.41, 5.74) is 0. The molecule has 0 aromatic rings. The Hall–Kier alpha value is -1.10. The smallest absolute Gasteiger partial charge is 0.311 e. The van der Waals surface area contributed by atoms with Crippen LogP contribution in [0.15, 0.2) is 0 Å². The van der Waals surface area contributed by atoms with Gasteiger partial charge in [-0.05, 0) is 68.1 Å². The number of rotatable bonds is 6. The fourth-order valence-corrected chi connectivity index (χ4v) is 6.52. The highest BCUT2D eigenvalue weighted by atomic mass is 16.7. The third-order valence-electron chi connectivity index (χ3n) is 7.29. The van der Waals surface area contributed by atoms with E-state index < -0.39 is 0 Å². The number of fused-ring (bicyclic) bond motifs is 9. The summed E-state index contributed by atoms with van der Waals surface area (Å²) in [7, 11) is 0. The van der Waals surface area contributed by atoms with Gasteiger partial charge in [0.2, 0.25) is 0 Å². The summed E-state index contributed by atoms with van der Waals surface area (Å²) in [4.78, 5) is 24.5. The SMILES string of the molecule is CCOCOC(=O)C1CC2CC1C1C3CC(CC3OC(=O)C(C)C)C21. The first kappa shape index (κ1) is 17.3. The predicted octanol–water partition coefficient (Wildman–Crippen LogP) is 3.02. The second kappa shape index (κ2) is 6.57. The Bertz CT molecular complexity index is 544. The van der Waals surface area contributed by atoms with Crippen LogP contribution in [-0.4, -0.2) is 31.4 Å². The van der Waals surface area contributed by atoms with Crippen LogP contribution in [-0.2, 0) is 23.8 Å². The van der Waals surface area contributed by atoms with E-state index in [1.54, 1.807) is 0 Å². The molecular formula is C20H30O5. The van der Waals surface area contributed by atoms with E-state index in [1.807, 2.05) is 20.8 Å². The molecule has 0 amide bonds. The van der Waals surface area contributed by atoms with Crippen molar-refractivity contribution in [1.29, 1.82) is 0 Å². The van der Waals surface area contributed by atoms with Crippen LogP contribution in [0, 0.1) is 47.3 Å². The summed E-state index contributed by atoms with van der Waals surface area (Å²) < 4.78 is 16.3. The molecule has 0 N–H and O–H groups in total. The minimum Gasteiger partial charge on any atom is -0.462 e. The standard InChI is InChI=1S/C20H30O5/c1-4-23-9-24-20(22)14-6-11-5-13(14)18-15-7-12(17(11)18)8-16(15)25-19(21)10(2)3/h10-18H,4-9H2,1-3H3. The molecule has 0 aliphatic heterocycles. The zero-order valence-electron chi connectivity index (χ0n) is 15.5. The zero-order valence-corrected chi connectivity index (χ0v) is 15.5. The minimum atomic E-state index is -0.0853. The second-order valence-corrected chi connectivity index (χ2v) is 8.76. The average molecular weight is 350 g/mol. The average Bonchev–Trinajstić information content (AvgIpc) is 3.32. The van der Waals surface area contributed by atoms with Crippen molar-refractivity contribution in [2.24, 2.45) is 47.3 Å². The maximum atomic E-state index is 12.5. The lowest BCUT2D eigenvalue weighted by Crippen LogP contribution is -2.42. The van der Waals surface area contributed by atoms with E-state index in [2.05, 4.69) is 0 Å². The fraction of sp³-hybridized carbons (Fsp3) is 0.900. The van der Waals surface area contributed by atoms with Crippen molar-refractivity contribution in [3.8, 4) is 0 Å². The van der Waals surface area contributed by atoms with Crippen molar-refractivity contribution >= 4 is 11.9 Å². The van der Waals surface area contributed by atoms with Crippen molar-refractivity contribution in [2.45, 2.75) is 52.6 Å². The Morgan fingerprint density at radius 2 is 1.72 bits per heavy atom. The van der Waals surface area contributed by atoms with Crippen LogP contribution < -0.4 is 0 Å². The lowest BCUT2D eigenvalue weighted by atomic mass is 9.67. The number of ether oxygens (including phenoxy) is 3. The lowest BCUT2D eigenvalue weighted by molar-refractivity contribution is -0.167. The van der Waals surface area contributed by atoms with Crippen molar-refractivity contribution in [1.82, 2.24) is 0 Å². The first-order valence-electron chi connectivity index (χ1n) is 9.96. The Balaban J connectivity index is 1.42. The Labute approximate surface area is 149 Å². The normalized spacial score (nSPS) is 43.5. The maximum absolute atomic E-state index is 12.5. The van der Waals surface area contributed by atoms with Crippen LogP contribution in [0.1, 0.15) is 46.5 Å². The van der Waals surface area contributed by atoms with E-state index in [9.17, 15) is 9.59 Å². The van der Waals surface area contributed by atoms with Gasteiger partial charge in [0.15, 0.2) is 6.79 Å². The van der Waals surface area contributed by atoms with Crippen molar-refractivity contribution in [2.75, 3.05) is 13.4 Å². The van der Waals surface area contributed by atoms with Gasteiger partial charge in [-0.3, -0.25) is 9.59 Å². The monoisotopic (exact) mass is 350 g/mol. The van der Waals surface area contributed by atoms with Gasteiger partial charge in [0.1, 0.15) is 6.10 Å². The second-order valence-electron chi connectivity index (χ2n) is 8.76. The molecule has 5 heteroatoms. The van der Waals surface area contributed by atoms with E-state index in [4.69, 9.17) is 14.2 Å². The van der Waals surface area contributed by atoms with Crippen LogP contribution in [0.5, 0.6) is 0 Å². The van der Waals surface area contributed by atoms with Crippen LogP contribution in [0.2, 0.25) is 0 Å². The molecule has 0 saturated heterocycles. The first-order chi connectivity index (χ1) is 12.0. The fourth-order valence-electron chi connectivity index (χ4n) is 6.52. The van der Waals surface area contributed by atoms with Crippen LogP contribution in [0.25, 0.3) is 0 Å². The number of hydrogen-bond donors (Lipinski definition) is 0. The minimum absolute atomic E-state index is 0.0208. The van der Waals surface area contributed by atoms with Crippen LogP contribution in [0.4, 0.5) is 0 Å². The van der Waals surface area contributed by atoms with Gasteiger partial charge in [-0.15, -0.1) is 0 Å². The van der Waals surface area contributed by atoms with E-state index in [0.717, 1.165) is 25.2 Å². The first-order valence-corrected chi connectivity index (χ1v) is 9.96. The van der Waals surface area contributed by atoms with Gasteiger partial charge in [0.25, 0.3) is 0 Å². The topological polar surface area (TPSA) is 61.8 Å². The van der Waals surface area contributed by atoms with E-state index in [0.29, 0.717) is 36.2 Å². The maximum Gasteiger partial charge on any atom is 0.311 e. The van der Waals surface area contributed by atoms with E-state index in [1.165, 1.54) is 6.42 Å². The van der Waals surface area contributed by atoms with Gasteiger partial charge in [0.05, 0.1) is 11.8 Å². The largest absolute Gasteiger partial charge is 0.462 e. The van der Waals surface area contributed by atoms with Crippen molar-refractivity contribution < 1.29 is 23.8 Å². The van der Waals surface area contributed by atoms with Crippen molar-refractivity contribution in [3.05, 3.63) is 0 Å². The summed E-state index contributed by atoms with van der Waals surface area (Å²) in [5, 5.41) is 0. The van der Waals surface area contributed by atoms with E-state index >= 15 is 0 Å². The molecule has 4 bridgehead atoms. The number of esters is 2. The summed E-state index contributed by atoms with van der Waals surface area (Å²) in [6.07, 6.45) is 4.42. The number of carbonyl (C=O) groups excluding carboxylic acids is 2. The molecule has 0 aromatic carbocycles. The third-order valence-corrected chi connectivity index (χ3v) is 7.29. The van der Waals surface area contributed by atoms with Gasteiger partial charge in [-0.1, -0.05) is 13.8 Å². The summed E-state index contributed by atoms with van der Waals surface area (Å²) in [5.74, 6) is 3.31. The van der Waals surface area contributed by atoms with Gasteiger partial charge in [-0.2, -0.15) is 0 Å².